The second-order valence-corrected chi connectivity index (χ2v) is 6.41. The number of benzene rings is 2. The van der Waals surface area contributed by atoms with Gasteiger partial charge in [-0.25, -0.2) is 4.98 Å². The molecule has 3 rings (SSSR count). The minimum Gasteiger partial charge on any atom is -0.352 e. The summed E-state index contributed by atoms with van der Waals surface area (Å²) in [4.78, 5) is 16.6. The van der Waals surface area contributed by atoms with E-state index in [1.807, 2.05) is 30.6 Å². The van der Waals surface area contributed by atoms with Crippen molar-refractivity contribution < 1.29 is 4.79 Å². The van der Waals surface area contributed by atoms with Crippen LogP contribution < -0.4 is 5.32 Å². The quantitative estimate of drug-likeness (QED) is 0.705. The molecule has 25 heavy (non-hydrogen) atoms. The summed E-state index contributed by atoms with van der Waals surface area (Å²) >= 11 is 0. The molecule has 0 radical (unpaired) electrons. The van der Waals surface area contributed by atoms with E-state index in [2.05, 4.69) is 53.0 Å². The van der Waals surface area contributed by atoms with Gasteiger partial charge in [-0.05, 0) is 36.1 Å². The number of para-hydroxylation sites is 2. The van der Waals surface area contributed by atoms with Crippen molar-refractivity contribution in [3.05, 3.63) is 66.0 Å². The van der Waals surface area contributed by atoms with Crippen LogP contribution in [0, 0.1) is 5.92 Å². The number of amides is 1. The zero-order valence-electron chi connectivity index (χ0n) is 14.9. The molecule has 1 heterocycles. The molecule has 0 aliphatic rings. The third-order valence-corrected chi connectivity index (χ3v) is 4.69. The monoisotopic (exact) mass is 335 g/mol. The third-order valence-electron chi connectivity index (χ3n) is 4.69. The Balaban J connectivity index is 1.68. The Morgan fingerprint density at radius 3 is 2.64 bits per heavy atom. The number of fused-ring (bicyclic) bond motifs is 1. The highest BCUT2D eigenvalue weighted by Gasteiger charge is 2.13. The smallest absolute Gasteiger partial charge is 0.223 e. The maximum atomic E-state index is 12.1. The van der Waals surface area contributed by atoms with Crippen LogP contribution in [-0.4, -0.2) is 15.5 Å². The Hall–Kier alpha value is -2.62. The van der Waals surface area contributed by atoms with Crippen LogP contribution >= 0.6 is 0 Å². The van der Waals surface area contributed by atoms with Crippen molar-refractivity contribution in [2.75, 3.05) is 0 Å². The van der Waals surface area contributed by atoms with E-state index >= 15 is 0 Å². The summed E-state index contributed by atoms with van der Waals surface area (Å²) in [6.45, 7) is 5.47. The molecule has 0 aliphatic carbocycles. The van der Waals surface area contributed by atoms with Gasteiger partial charge in [-0.3, -0.25) is 4.79 Å². The normalized spacial score (nSPS) is 11.2. The van der Waals surface area contributed by atoms with Gasteiger partial charge in [-0.1, -0.05) is 50.2 Å². The van der Waals surface area contributed by atoms with E-state index < -0.39 is 0 Å². The highest BCUT2D eigenvalue weighted by molar-refractivity contribution is 5.78. The number of aromatic nitrogens is 2. The van der Waals surface area contributed by atoms with Crippen molar-refractivity contribution >= 4 is 16.9 Å². The SMILES string of the molecule is CCC(CC)C(=O)NCc1cccc(Cn2cnc3ccccc32)c1. The lowest BCUT2D eigenvalue weighted by Gasteiger charge is -2.13. The van der Waals surface area contributed by atoms with Crippen LogP contribution in [0.15, 0.2) is 54.9 Å². The second-order valence-electron chi connectivity index (χ2n) is 6.41. The van der Waals surface area contributed by atoms with Crippen molar-refractivity contribution in [1.29, 1.82) is 0 Å². The van der Waals surface area contributed by atoms with E-state index in [0.717, 1.165) is 36.0 Å². The number of rotatable bonds is 7. The molecule has 1 amide bonds. The Morgan fingerprint density at radius 1 is 1.08 bits per heavy atom. The zero-order valence-corrected chi connectivity index (χ0v) is 14.9. The van der Waals surface area contributed by atoms with Crippen molar-refractivity contribution in [3.8, 4) is 0 Å². The lowest BCUT2D eigenvalue weighted by Crippen LogP contribution is -2.29. The van der Waals surface area contributed by atoms with Crippen LogP contribution in [0.25, 0.3) is 11.0 Å². The Kier molecular flexibility index (Phi) is 5.49. The molecule has 4 nitrogen and oxygen atoms in total. The summed E-state index contributed by atoms with van der Waals surface area (Å²) < 4.78 is 2.15. The molecule has 130 valence electrons. The molecule has 0 bridgehead atoms. The maximum Gasteiger partial charge on any atom is 0.223 e. The highest BCUT2D eigenvalue weighted by Crippen LogP contribution is 2.15. The molecule has 1 N–H and O–H groups in total. The molecule has 0 atom stereocenters. The van der Waals surface area contributed by atoms with Crippen LogP contribution in [0.3, 0.4) is 0 Å². The average Bonchev–Trinajstić information content (AvgIpc) is 3.04. The van der Waals surface area contributed by atoms with Gasteiger partial charge in [0.05, 0.1) is 17.4 Å². The van der Waals surface area contributed by atoms with Crippen molar-refractivity contribution in [1.82, 2.24) is 14.9 Å². The molecule has 0 saturated heterocycles. The molecule has 0 aliphatic heterocycles. The molecule has 3 aromatic rings. The van der Waals surface area contributed by atoms with Gasteiger partial charge in [-0.2, -0.15) is 0 Å². The first-order valence-corrected chi connectivity index (χ1v) is 8.96. The summed E-state index contributed by atoms with van der Waals surface area (Å²) in [6, 6.07) is 16.5. The maximum absolute atomic E-state index is 12.1. The summed E-state index contributed by atoms with van der Waals surface area (Å²) in [5, 5.41) is 3.06. The van der Waals surface area contributed by atoms with Gasteiger partial charge >= 0.3 is 0 Å². The fraction of sp³-hybridized carbons (Fsp3) is 0.333. The first-order valence-electron chi connectivity index (χ1n) is 8.96. The number of carbonyl (C=O) groups is 1. The Labute approximate surface area is 148 Å². The van der Waals surface area contributed by atoms with Crippen LogP contribution in [0.4, 0.5) is 0 Å². The van der Waals surface area contributed by atoms with Gasteiger partial charge in [0.2, 0.25) is 5.91 Å². The molecule has 2 aromatic carbocycles. The Bertz CT molecular complexity index is 849. The molecule has 0 unspecified atom stereocenters. The van der Waals surface area contributed by atoms with E-state index in [0.29, 0.717) is 6.54 Å². The number of imidazole rings is 1. The second kappa shape index (κ2) is 7.97. The molecule has 0 spiro atoms. The van der Waals surface area contributed by atoms with Gasteiger partial charge < -0.3 is 9.88 Å². The number of carbonyl (C=O) groups excluding carboxylic acids is 1. The molecule has 0 saturated carbocycles. The standard InChI is InChI=1S/C21H25N3O/c1-3-18(4-2)21(25)22-13-16-8-7-9-17(12-16)14-24-15-23-19-10-5-6-11-20(19)24/h5-12,15,18H,3-4,13-14H2,1-2H3,(H,22,25). The largest absolute Gasteiger partial charge is 0.352 e. The van der Waals surface area contributed by atoms with Crippen LogP contribution in [0.1, 0.15) is 37.8 Å². The van der Waals surface area contributed by atoms with E-state index in [1.165, 1.54) is 5.56 Å². The lowest BCUT2D eigenvalue weighted by molar-refractivity contribution is -0.125. The van der Waals surface area contributed by atoms with Gasteiger partial charge in [0.15, 0.2) is 0 Å². The van der Waals surface area contributed by atoms with Crippen molar-refractivity contribution in [2.45, 2.75) is 39.8 Å². The number of nitrogens with zero attached hydrogens (tertiary/aromatic N) is 2. The van der Waals surface area contributed by atoms with Gasteiger partial charge in [0.1, 0.15) is 0 Å². The summed E-state index contributed by atoms with van der Waals surface area (Å²) in [6.07, 6.45) is 3.65. The van der Waals surface area contributed by atoms with Crippen LogP contribution in [0.5, 0.6) is 0 Å². The summed E-state index contributed by atoms with van der Waals surface area (Å²) in [7, 11) is 0. The first kappa shape index (κ1) is 17.2. The number of nitrogens with one attached hydrogen (secondary N) is 1. The number of hydrogen-bond acceptors (Lipinski definition) is 2. The minimum absolute atomic E-state index is 0.112. The predicted molar refractivity (Wildman–Crippen MR) is 101 cm³/mol. The molecule has 1 aromatic heterocycles. The molecular formula is C21H25N3O. The minimum atomic E-state index is 0.112. The van der Waals surface area contributed by atoms with Gasteiger partial charge in [0, 0.05) is 19.0 Å². The fourth-order valence-electron chi connectivity index (χ4n) is 3.16. The molecular weight excluding hydrogens is 310 g/mol. The van der Waals surface area contributed by atoms with Crippen molar-refractivity contribution in [2.24, 2.45) is 5.92 Å². The molecule has 4 heteroatoms. The number of hydrogen-bond donors (Lipinski definition) is 1. The lowest BCUT2D eigenvalue weighted by atomic mass is 10.0. The molecule has 0 fully saturated rings. The van der Waals surface area contributed by atoms with E-state index in [-0.39, 0.29) is 11.8 Å². The highest BCUT2D eigenvalue weighted by atomic mass is 16.1. The van der Waals surface area contributed by atoms with E-state index in [4.69, 9.17) is 0 Å². The van der Waals surface area contributed by atoms with E-state index in [9.17, 15) is 4.79 Å². The fourth-order valence-corrected chi connectivity index (χ4v) is 3.16. The van der Waals surface area contributed by atoms with Crippen molar-refractivity contribution in [3.63, 3.8) is 0 Å². The third kappa shape index (κ3) is 4.08. The summed E-state index contributed by atoms with van der Waals surface area (Å²) in [5.74, 6) is 0.261. The summed E-state index contributed by atoms with van der Waals surface area (Å²) in [5.41, 5.74) is 4.48. The average molecular weight is 335 g/mol. The van der Waals surface area contributed by atoms with Gasteiger partial charge in [0.25, 0.3) is 0 Å². The Morgan fingerprint density at radius 2 is 1.84 bits per heavy atom. The predicted octanol–water partition coefficient (Wildman–Crippen LogP) is 4.14. The van der Waals surface area contributed by atoms with E-state index in [1.54, 1.807) is 0 Å². The van der Waals surface area contributed by atoms with Crippen LogP contribution in [0.2, 0.25) is 0 Å². The van der Waals surface area contributed by atoms with Gasteiger partial charge in [-0.15, -0.1) is 0 Å². The zero-order chi connectivity index (χ0) is 17.6. The van der Waals surface area contributed by atoms with Crippen LogP contribution in [-0.2, 0) is 17.9 Å². The first-order chi connectivity index (χ1) is 12.2. The topological polar surface area (TPSA) is 46.9 Å².